The van der Waals surface area contributed by atoms with Crippen molar-refractivity contribution in [3.8, 4) is 0 Å². The van der Waals surface area contributed by atoms with Crippen LogP contribution in [0.1, 0.15) is 39.8 Å². The van der Waals surface area contributed by atoms with Crippen molar-refractivity contribution in [3.05, 3.63) is 11.9 Å². The summed E-state index contributed by atoms with van der Waals surface area (Å²) in [7, 11) is 5.94. The van der Waals surface area contributed by atoms with Crippen LogP contribution in [-0.4, -0.2) is 47.9 Å². The zero-order valence-corrected chi connectivity index (χ0v) is 15.4. The smallest absolute Gasteiger partial charge is 0.407 e. The highest BCUT2D eigenvalue weighted by molar-refractivity contribution is 5.67. The Morgan fingerprint density at radius 1 is 1.43 bits per heavy atom. The summed E-state index contributed by atoms with van der Waals surface area (Å²) < 4.78 is 7.30. The molecule has 1 aromatic rings. The van der Waals surface area contributed by atoms with Gasteiger partial charge >= 0.3 is 6.09 Å². The largest absolute Gasteiger partial charge is 0.444 e. The second-order valence-corrected chi connectivity index (χ2v) is 6.87. The Hall–Kier alpha value is -1.76. The number of carbonyl (C=O) groups is 1. The van der Waals surface area contributed by atoms with Crippen molar-refractivity contribution in [3.63, 3.8) is 0 Å². The molecule has 0 bridgehead atoms. The molecule has 1 aromatic heterocycles. The van der Waals surface area contributed by atoms with E-state index in [0.29, 0.717) is 13.1 Å². The summed E-state index contributed by atoms with van der Waals surface area (Å²) in [5, 5.41) is 6.26. The predicted molar refractivity (Wildman–Crippen MR) is 92.7 cm³/mol. The van der Waals surface area contributed by atoms with Gasteiger partial charge in [-0.25, -0.2) is 9.78 Å². The fraction of sp³-hybridized carbons (Fsp3) is 0.750. The molecule has 0 fully saturated rings. The fourth-order valence-corrected chi connectivity index (χ4v) is 2.14. The maximum atomic E-state index is 11.7. The minimum absolute atomic E-state index is 0.181. The van der Waals surface area contributed by atoms with Crippen molar-refractivity contribution < 1.29 is 9.53 Å². The van der Waals surface area contributed by atoms with Crippen LogP contribution in [0.3, 0.4) is 0 Å². The average molecular weight is 325 g/mol. The summed E-state index contributed by atoms with van der Waals surface area (Å²) in [6.07, 6.45) is 2.40. The van der Waals surface area contributed by atoms with Crippen LogP contribution < -0.4 is 15.5 Å². The molecule has 7 heteroatoms. The third-order valence-electron chi connectivity index (χ3n) is 3.42. The Kier molecular flexibility index (Phi) is 6.87. The van der Waals surface area contributed by atoms with E-state index < -0.39 is 5.60 Å². The molecule has 132 valence electrons. The highest BCUT2D eigenvalue weighted by Crippen LogP contribution is 2.11. The molecule has 0 spiro atoms. The molecule has 1 heterocycles. The number of ether oxygens (including phenoxy) is 1. The lowest BCUT2D eigenvalue weighted by molar-refractivity contribution is 0.0522. The van der Waals surface area contributed by atoms with Crippen LogP contribution in [0, 0.1) is 0 Å². The van der Waals surface area contributed by atoms with E-state index in [0.717, 1.165) is 18.1 Å². The third kappa shape index (κ3) is 6.48. The van der Waals surface area contributed by atoms with Gasteiger partial charge in [-0.3, -0.25) is 0 Å². The van der Waals surface area contributed by atoms with Gasteiger partial charge in [0.15, 0.2) is 0 Å². The van der Waals surface area contributed by atoms with E-state index in [2.05, 4.69) is 27.1 Å². The first-order valence-corrected chi connectivity index (χ1v) is 8.02. The Bertz CT molecular complexity index is 505. The number of imidazole rings is 1. The monoisotopic (exact) mass is 325 g/mol. The predicted octanol–water partition coefficient (Wildman–Crippen LogP) is 1.88. The molecule has 0 saturated carbocycles. The number of carbonyl (C=O) groups excluding carboxylic acids is 1. The van der Waals surface area contributed by atoms with E-state index in [1.807, 2.05) is 53.0 Å². The van der Waals surface area contributed by atoms with E-state index >= 15 is 0 Å². The summed E-state index contributed by atoms with van der Waals surface area (Å²) >= 11 is 0. The minimum Gasteiger partial charge on any atom is -0.444 e. The Morgan fingerprint density at radius 3 is 2.57 bits per heavy atom. The van der Waals surface area contributed by atoms with Crippen molar-refractivity contribution in [2.75, 3.05) is 25.5 Å². The van der Waals surface area contributed by atoms with Crippen LogP contribution in [0.15, 0.2) is 6.20 Å². The van der Waals surface area contributed by atoms with E-state index in [1.54, 1.807) is 0 Å². The number of rotatable bonds is 7. The lowest BCUT2D eigenvalue weighted by Crippen LogP contribution is -2.42. The molecule has 1 atom stereocenters. The molecule has 7 nitrogen and oxygen atoms in total. The number of anilines is 1. The standard InChI is InChI=1S/C16H31N5O2/c1-8-12(9-19-15(22)23-16(2,3)4)17-10-13-11-18-14(20(5)6)21(13)7/h11-12,17H,8-10H2,1-7H3,(H,19,22). The van der Waals surface area contributed by atoms with E-state index in [9.17, 15) is 4.79 Å². The maximum absolute atomic E-state index is 11.7. The quantitative estimate of drug-likeness (QED) is 0.801. The number of alkyl carbamates (subject to hydrolysis) is 1. The topological polar surface area (TPSA) is 71.4 Å². The van der Waals surface area contributed by atoms with E-state index in [-0.39, 0.29) is 12.1 Å². The molecule has 1 amide bonds. The average Bonchev–Trinajstić information content (AvgIpc) is 2.78. The SMILES string of the molecule is CCC(CNC(=O)OC(C)(C)C)NCc1cnc(N(C)C)n1C. The molecule has 0 radical (unpaired) electrons. The number of hydrogen-bond donors (Lipinski definition) is 2. The van der Waals surface area contributed by atoms with Gasteiger partial charge in [0.05, 0.1) is 11.9 Å². The first kappa shape index (κ1) is 19.3. The second-order valence-electron chi connectivity index (χ2n) is 6.87. The molecule has 0 aliphatic rings. The van der Waals surface area contributed by atoms with Gasteiger partial charge in [-0.15, -0.1) is 0 Å². The zero-order chi connectivity index (χ0) is 17.6. The van der Waals surface area contributed by atoms with Gasteiger partial charge in [-0.2, -0.15) is 0 Å². The molecular formula is C16H31N5O2. The first-order valence-electron chi connectivity index (χ1n) is 8.02. The summed E-state index contributed by atoms with van der Waals surface area (Å²) in [6, 6.07) is 0.181. The Morgan fingerprint density at radius 2 is 2.09 bits per heavy atom. The van der Waals surface area contributed by atoms with Gasteiger partial charge in [0.1, 0.15) is 5.60 Å². The highest BCUT2D eigenvalue weighted by Gasteiger charge is 2.17. The highest BCUT2D eigenvalue weighted by atomic mass is 16.6. The molecule has 0 aliphatic heterocycles. The van der Waals surface area contributed by atoms with Crippen LogP contribution in [0.4, 0.5) is 10.7 Å². The lowest BCUT2D eigenvalue weighted by atomic mass is 10.2. The summed E-state index contributed by atoms with van der Waals surface area (Å²) in [5.41, 5.74) is 0.626. The molecular weight excluding hydrogens is 294 g/mol. The van der Waals surface area contributed by atoms with Gasteiger partial charge in [-0.05, 0) is 27.2 Å². The number of nitrogens with one attached hydrogen (secondary N) is 2. The number of amides is 1. The van der Waals surface area contributed by atoms with Crippen LogP contribution >= 0.6 is 0 Å². The van der Waals surface area contributed by atoms with Crippen LogP contribution in [0.5, 0.6) is 0 Å². The summed E-state index contributed by atoms with van der Waals surface area (Å²) in [5.74, 6) is 0.918. The summed E-state index contributed by atoms with van der Waals surface area (Å²) in [6.45, 7) is 8.88. The van der Waals surface area contributed by atoms with Gasteiger partial charge in [0, 0.05) is 40.3 Å². The number of nitrogens with zero attached hydrogens (tertiary/aromatic N) is 3. The van der Waals surface area contributed by atoms with E-state index in [4.69, 9.17) is 4.74 Å². The van der Waals surface area contributed by atoms with E-state index in [1.165, 1.54) is 0 Å². The van der Waals surface area contributed by atoms with Gasteiger partial charge < -0.3 is 24.8 Å². The van der Waals surface area contributed by atoms with Crippen molar-refractivity contribution in [2.45, 2.75) is 52.3 Å². The van der Waals surface area contributed by atoms with Crippen LogP contribution in [0.25, 0.3) is 0 Å². The number of aromatic nitrogens is 2. The third-order valence-corrected chi connectivity index (χ3v) is 3.42. The Labute approximate surface area is 139 Å². The Balaban J connectivity index is 2.47. The van der Waals surface area contributed by atoms with Gasteiger partial charge in [0.25, 0.3) is 0 Å². The molecule has 0 saturated heterocycles. The molecule has 1 rings (SSSR count). The fourth-order valence-electron chi connectivity index (χ4n) is 2.14. The minimum atomic E-state index is -0.476. The molecule has 1 unspecified atom stereocenters. The second kappa shape index (κ2) is 8.19. The van der Waals surface area contributed by atoms with Crippen molar-refractivity contribution in [1.29, 1.82) is 0 Å². The molecule has 0 aliphatic carbocycles. The number of hydrogen-bond acceptors (Lipinski definition) is 5. The first-order chi connectivity index (χ1) is 10.6. The lowest BCUT2D eigenvalue weighted by Gasteiger charge is -2.22. The van der Waals surface area contributed by atoms with Crippen molar-refractivity contribution in [1.82, 2.24) is 20.2 Å². The van der Waals surface area contributed by atoms with Crippen LogP contribution in [-0.2, 0) is 18.3 Å². The summed E-state index contributed by atoms with van der Waals surface area (Å²) in [4.78, 5) is 18.1. The normalized spacial score (nSPS) is 12.8. The van der Waals surface area contributed by atoms with Gasteiger partial charge in [0.2, 0.25) is 5.95 Å². The molecule has 2 N–H and O–H groups in total. The zero-order valence-electron chi connectivity index (χ0n) is 15.4. The van der Waals surface area contributed by atoms with Crippen LogP contribution in [0.2, 0.25) is 0 Å². The molecule has 0 aromatic carbocycles. The van der Waals surface area contributed by atoms with Crippen molar-refractivity contribution in [2.24, 2.45) is 7.05 Å². The molecule has 23 heavy (non-hydrogen) atoms. The maximum Gasteiger partial charge on any atom is 0.407 e. The van der Waals surface area contributed by atoms with Gasteiger partial charge in [-0.1, -0.05) is 6.92 Å². The van der Waals surface area contributed by atoms with Crippen molar-refractivity contribution >= 4 is 12.0 Å².